The van der Waals surface area contributed by atoms with Crippen molar-refractivity contribution in [3.8, 4) is 0 Å². The number of nitrogens with one attached hydrogen (secondary N) is 1. The number of methoxy groups -OCH3 is 1. The Hall–Kier alpha value is -2.37. The third-order valence-electron chi connectivity index (χ3n) is 5.98. The fourth-order valence-corrected chi connectivity index (χ4v) is 5.94. The second-order valence-corrected chi connectivity index (χ2v) is 10.1. The number of piperidine rings is 1. The van der Waals surface area contributed by atoms with E-state index in [1.807, 2.05) is 22.4 Å². The van der Waals surface area contributed by atoms with Gasteiger partial charge >= 0.3 is 0 Å². The molecule has 2 amide bonds. The van der Waals surface area contributed by atoms with Crippen LogP contribution in [-0.2, 0) is 25.5 Å². The number of likely N-dealkylation sites (tertiary alicyclic amines) is 1. The Morgan fingerprint density at radius 2 is 1.83 bits per heavy atom. The lowest BCUT2D eigenvalue weighted by Gasteiger charge is -2.31. The van der Waals surface area contributed by atoms with Crippen LogP contribution in [0.1, 0.15) is 39.8 Å². The molecule has 3 heterocycles. The van der Waals surface area contributed by atoms with Gasteiger partial charge in [0.15, 0.2) is 0 Å². The van der Waals surface area contributed by atoms with E-state index in [1.54, 1.807) is 18.4 Å². The van der Waals surface area contributed by atoms with Crippen LogP contribution in [0.5, 0.6) is 0 Å². The minimum Gasteiger partial charge on any atom is -0.382 e. The maximum absolute atomic E-state index is 12.7. The lowest BCUT2D eigenvalue weighted by atomic mass is 9.97. The predicted octanol–water partition coefficient (Wildman–Crippen LogP) is 3.67. The van der Waals surface area contributed by atoms with Gasteiger partial charge < -0.3 is 24.4 Å². The summed E-state index contributed by atoms with van der Waals surface area (Å²) in [5, 5.41) is 9.07. The molecule has 0 atom stereocenters. The molecule has 188 valence electrons. The number of thiophene rings is 1. The van der Waals surface area contributed by atoms with Gasteiger partial charge in [-0.05, 0) is 35.2 Å². The Morgan fingerprint density at radius 1 is 1.06 bits per heavy atom. The van der Waals surface area contributed by atoms with Crippen LogP contribution in [0.2, 0.25) is 0 Å². The molecule has 8 nitrogen and oxygen atoms in total. The number of ether oxygens (including phenoxy) is 3. The van der Waals surface area contributed by atoms with Gasteiger partial charge in [0.05, 0.1) is 31.4 Å². The van der Waals surface area contributed by atoms with E-state index in [2.05, 4.69) is 27.8 Å². The summed E-state index contributed by atoms with van der Waals surface area (Å²) in [5.74, 6) is 0.112. The summed E-state index contributed by atoms with van der Waals surface area (Å²) in [6, 6.07) is 8.20. The van der Waals surface area contributed by atoms with Crippen LogP contribution >= 0.6 is 22.7 Å². The van der Waals surface area contributed by atoms with Gasteiger partial charge in [-0.25, -0.2) is 4.98 Å². The van der Waals surface area contributed by atoms with Gasteiger partial charge in [0, 0.05) is 42.7 Å². The van der Waals surface area contributed by atoms with Gasteiger partial charge in [0.1, 0.15) is 12.3 Å². The SMILES string of the molecule is COCCOCCOCC(=O)N1CCC(c2nc(C(=O)NCc3csc4ccccc34)cs2)CC1. The average molecular weight is 518 g/mol. The van der Waals surface area contributed by atoms with Crippen molar-refractivity contribution in [1.29, 1.82) is 0 Å². The zero-order chi connectivity index (χ0) is 24.5. The zero-order valence-corrected chi connectivity index (χ0v) is 21.5. The molecule has 1 saturated heterocycles. The van der Waals surface area contributed by atoms with Crippen molar-refractivity contribution in [3.63, 3.8) is 0 Å². The highest BCUT2D eigenvalue weighted by molar-refractivity contribution is 7.17. The average Bonchev–Trinajstić information content (AvgIpc) is 3.55. The van der Waals surface area contributed by atoms with Crippen molar-refractivity contribution in [2.24, 2.45) is 0 Å². The number of hydrogen-bond acceptors (Lipinski definition) is 8. The van der Waals surface area contributed by atoms with Crippen molar-refractivity contribution in [2.45, 2.75) is 25.3 Å². The van der Waals surface area contributed by atoms with E-state index >= 15 is 0 Å². The lowest BCUT2D eigenvalue weighted by molar-refractivity contribution is -0.137. The molecule has 35 heavy (non-hydrogen) atoms. The molecule has 0 radical (unpaired) electrons. The molecular formula is C25H31N3O5S2. The number of rotatable bonds is 12. The van der Waals surface area contributed by atoms with Crippen molar-refractivity contribution in [2.75, 3.05) is 53.2 Å². The van der Waals surface area contributed by atoms with Crippen LogP contribution in [0.4, 0.5) is 0 Å². The minimum absolute atomic E-state index is 0.000464. The fourth-order valence-electron chi connectivity index (χ4n) is 4.00. The number of nitrogens with zero attached hydrogens (tertiary/aromatic N) is 2. The van der Waals surface area contributed by atoms with Gasteiger partial charge in [-0.1, -0.05) is 18.2 Å². The summed E-state index contributed by atoms with van der Waals surface area (Å²) in [6.07, 6.45) is 1.67. The number of fused-ring (bicyclic) bond motifs is 1. The number of thiazole rings is 1. The van der Waals surface area contributed by atoms with Crippen molar-refractivity contribution in [1.82, 2.24) is 15.2 Å². The van der Waals surface area contributed by atoms with E-state index < -0.39 is 0 Å². The smallest absolute Gasteiger partial charge is 0.271 e. The van der Waals surface area contributed by atoms with Crippen molar-refractivity contribution < 1.29 is 23.8 Å². The highest BCUT2D eigenvalue weighted by Crippen LogP contribution is 2.30. The molecule has 0 spiro atoms. The van der Waals surface area contributed by atoms with Crippen LogP contribution in [0.25, 0.3) is 10.1 Å². The quantitative estimate of drug-likeness (QED) is 0.369. The van der Waals surface area contributed by atoms with Gasteiger partial charge in [0.25, 0.3) is 5.91 Å². The molecule has 1 aliphatic rings. The van der Waals surface area contributed by atoms with Crippen LogP contribution in [0.15, 0.2) is 35.0 Å². The van der Waals surface area contributed by atoms with Gasteiger partial charge in [0.2, 0.25) is 5.91 Å². The highest BCUT2D eigenvalue weighted by Gasteiger charge is 2.26. The van der Waals surface area contributed by atoms with Crippen LogP contribution in [-0.4, -0.2) is 74.9 Å². The predicted molar refractivity (Wildman–Crippen MR) is 137 cm³/mol. The van der Waals surface area contributed by atoms with E-state index in [4.69, 9.17) is 14.2 Å². The van der Waals surface area contributed by atoms with E-state index in [0.717, 1.165) is 23.4 Å². The third kappa shape index (κ3) is 7.08. The summed E-state index contributed by atoms with van der Waals surface area (Å²) in [5.41, 5.74) is 1.58. The molecule has 1 aliphatic heterocycles. The Labute approximate surface area is 213 Å². The molecule has 4 rings (SSSR count). The van der Waals surface area contributed by atoms with E-state index in [-0.39, 0.29) is 24.3 Å². The Bertz CT molecular complexity index is 1110. The fraction of sp³-hybridized carbons (Fsp3) is 0.480. The number of carbonyl (C=O) groups is 2. The topological polar surface area (TPSA) is 90.0 Å². The van der Waals surface area contributed by atoms with Gasteiger partial charge in [-0.15, -0.1) is 22.7 Å². The lowest BCUT2D eigenvalue weighted by Crippen LogP contribution is -2.40. The molecule has 0 saturated carbocycles. The molecule has 0 unspecified atom stereocenters. The molecule has 0 aliphatic carbocycles. The van der Waals surface area contributed by atoms with Crippen molar-refractivity contribution >= 4 is 44.6 Å². The second-order valence-electron chi connectivity index (χ2n) is 8.32. The second kappa shape index (κ2) is 13.1. The number of amides is 2. The monoisotopic (exact) mass is 517 g/mol. The molecule has 10 heteroatoms. The Balaban J connectivity index is 1.18. The zero-order valence-electron chi connectivity index (χ0n) is 19.9. The van der Waals surface area contributed by atoms with E-state index in [0.29, 0.717) is 51.8 Å². The summed E-state index contributed by atoms with van der Waals surface area (Å²) in [4.78, 5) is 31.5. The molecule has 1 fully saturated rings. The first-order chi connectivity index (χ1) is 17.2. The molecule has 0 bridgehead atoms. The standard InChI is InChI=1S/C25H31N3O5S2/c1-31-10-11-32-12-13-33-15-23(29)28-8-6-18(7-9-28)25-27-21(17-35-25)24(30)26-14-19-16-34-22-5-3-2-4-20(19)22/h2-5,16-18H,6-15H2,1H3,(H,26,30). The van der Waals surface area contributed by atoms with Crippen LogP contribution < -0.4 is 5.32 Å². The normalized spacial score (nSPS) is 14.5. The van der Waals surface area contributed by atoms with Crippen LogP contribution in [0.3, 0.4) is 0 Å². The molecule has 3 aromatic rings. The van der Waals surface area contributed by atoms with E-state index in [9.17, 15) is 9.59 Å². The maximum atomic E-state index is 12.7. The molecule has 1 N–H and O–H groups in total. The summed E-state index contributed by atoms with van der Waals surface area (Å²) in [6.45, 7) is 3.80. The third-order valence-corrected chi connectivity index (χ3v) is 8.00. The number of benzene rings is 1. The largest absolute Gasteiger partial charge is 0.382 e. The number of carbonyl (C=O) groups excluding carboxylic acids is 2. The molecular weight excluding hydrogens is 486 g/mol. The van der Waals surface area contributed by atoms with Crippen LogP contribution in [0, 0.1) is 0 Å². The first kappa shape index (κ1) is 25.7. The summed E-state index contributed by atoms with van der Waals surface area (Å²) >= 11 is 3.21. The number of aromatic nitrogens is 1. The first-order valence-corrected chi connectivity index (χ1v) is 13.5. The molecule has 2 aromatic heterocycles. The van der Waals surface area contributed by atoms with Crippen molar-refractivity contribution in [3.05, 3.63) is 51.3 Å². The highest BCUT2D eigenvalue weighted by atomic mass is 32.1. The minimum atomic E-state index is -0.154. The number of hydrogen-bond donors (Lipinski definition) is 1. The van der Waals surface area contributed by atoms with Gasteiger partial charge in [-0.3, -0.25) is 9.59 Å². The summed E-state index contributed by atoms with van der Waals surface area (Å²) in [7, 11) is 1.63. The van der Waals surface area contributed by atoms with E-state index in [1.165, 1.54) is 21.4 Å². The Morgan fingerprint density at radius 3 is 2.66 bits per heavy atom. The summed E-state index contributed by atoms with van der Waals surface area (Å²) < 4.78 is 16.9. The first-order valence-electron chi connectivity index (χ1n) is 11.8. The molecule has 1 aromatic carbocycles. The van der Waals surface area contributed by atoms with Gasteiger partial charge in [-0.2, -0.15) is 0 Å². The maximum Gasteiger partial charge on any atom is 0.271 e. The Kier molecular flexibility index (Phi) is 9.61.